The zero-order valence-electron chi connectivity index (χ0n) is 24.7. The van der Waals surface area contributed by atoms with Crippen molar-refractivity contribution in [3.8, 4) is 17.1 Å². The molecule has 0 fully saturated rings. The van der Waals surface area contributed by atoms with Gasteiger partial charge in [0.2, 0.25) is 0 Å². The van der Waals surface area contributed by atoms with Crippen molar-refractivity contribution >= 4 is 29.1 Å². The van der Waals surface area contributed by atoms with Gasteiger partial charge in [-0.05, 0) is 50.1 Å². The number of thiazole rings is 1. The predicted molar refractivity (Wildman–Crippen MR) is 164 cm³/mol. The van der Waals surface area contributed by atoms with Crippen LogP contribution in [0, 0.1) is 17.0 Å². The van der Waals surface area contributed by atoms with E-state index >= 15 is 0 Å². The second kappa shape index (κ2) is 13.2. The van der Waals surface area contributed by atoms with Crippen LogP contribution in [0.5, 0.6) is 5.75 Å². The van der Waals surface area contributed by atoms with Crippen LogP contribution in [0.4, 0.5) is 5.69 Å². The number of hydrogen-bond acceptors (Lipinski definition) is 10. The molecule has 44 heavy (non-hydrogen) atoms. The first-order valence-electron chi connectivity index (χ1n) is 14.0. The van der Waals surface area contributed by atoms with Gasteiger partial charge in [-0.1, -0.05) is 36.5 Å². The number of aromatic nitrogens is 1. The lowest BCUT2D eigenvalue weighted by Gasteiger charge is -2.26. The Hall–Kier alpha value is -4.81. The zero-order valence-corrected chi connectivity index (χ0v) is 25.5. The standard InChI is InChI=1S/C32H31N3O8S/c1-5-14-41-25-9-7-6-8-24(25)29-28(31(37)42-16-15-40-4)20(3)33-32-34(29)30(36)27(44-32)18-22-11-13-26(43-22)23-12-10-21(35(38)39)17-19(23)2/h6-13,17-18,29H,5,14-16H2,1-4H3/b27-18+/t29-/m1/s1. The molecule has 0 spiro atoms. The topological polar surface area (TPSA) is 135 Å². The van der Waals surface area contributed by atoms with E-state index in [2.05, 4.69) is 4.99 Å². The lowest BCUT2D eigenvalue weighted by Crippen LogP contribution is -2.40. The molecule has 1 aliphatic heterocycles. The number of benzene rings is 2. The van der Waals surface area contributed by atoms with E-state index < -0.39 is 16.9 Å². The van der Waals surface area contributed by atoms with E-state index in [1.165, 1.54) is 35.1 Å². The molecule has 11 nitrogen and oxygen atoms in total. The molecule has 2 aromatic carbocycles. The molecular weight excluding hydrogens is 586 g/mol. The number of esters is 1. The Balaban J connectivity index is 1.61. The van der Waals surface area contributed by atoms with Crippen LogP contribution in [0.25, 0.3) is 17.4 Å². The number of ether oxygens (including phenoxy) is 3. The number of aryl methyl sites for hydroxylation is 1. The molecule has 2 aromatic heterocycles. The fourth-order valence-corrected chi connectivity index (χ4v) is 5.99. The van der Waals surface area contributed by atoms with Crippen molar-refractivity contribution in [2.24, 2.45) is 4.99 Å². The number of rotatable bonds is 11. The van der Waals surface area contributed by atoms with E-state index in [-0.39, 0.29) is 30.0 Å². The summed E-state index contributed by atoms with van der Waals surface area (Å²) in [5.41, 5.74) is 2.33. The number of para-hydroxylation sites is 1. The summed E-state index contributed by atoms with van der Waals surface area (Å²) in [7, 11) is 1.52. The zero-order chi connectivity index (χ0) is 31.4. The van der Waals surface area contributed by atoms with Crippen molar-refractivity contribution in [2.75, 3.05) is 26.9 Å². The molecule has 3 heterocycles. The number of allylic oxidation sites excluding steroid dienone is 1. The van der Waals surface area contributed by atoms with Crippen LogP contribution in [0.2, 0.25) is 0 Å². The highest BCUT2D eigenvalue weighted by molar-refractivity contribution is 7.07. The first-order chi connectivity index (χ1) is 21.2. The van der Waals surface area contributed by atoms with Crippen LogP contribution < -0.4 is 19.6 Å². The number of nitro benzene ring substituents is 1. The Morgan fingerprint density at radius 3 is 2.66 bits per heavy atom. The van der Waals surface area contributed by atoms with Gasteiger partial charge in [-0.2, -0.15) is 0 Å². The highest BCUT2D eigenvalue weighted by Crippen LogP contribution is 2.36. The lowest BCUT2D eigenvalue weighted by atomic mass is 9.95. The SMILES string of the molecule is CCCOc1ccccc1[C@@H]1C(C(=O)OCCOC)=C(C)N=c2s/c(=C/c3ccc(-c4ccc([N+](=O)[O-])cc4C)o3)c(=O)n21. The van der Waals surface area contributed by atoms with Gasteiger partial charge in [0.1, 0.15) is 29.9 Å². The molecule has 0 aliphatic carbocycles. The molecule has 1 atom stereocenters. The predicted octanol–water partition coefficient (Wildman–Crippen LogP) is 4.69. The average molecular weight is 618 g/mol. The van der Waals surface area contributed by atoms with Crippen molar-refractivity contribution in [2.45, 2.75) is 33.2 Å². The van der Waals surface area contributed by atoms with Gasteiger partial charge < -0.3 is 18.6 Å². The Labute approximate surface area is 256 Å². The molecule has 0 amide bonds. The Kier molecular flexibility index (Phi) is 9.21. The number of nitrogens with zero attached hydrogens (tertiary/aromatic N) is 3. The molecule has 1 aliphatic rings. The molecule has 228 valence electrons. The van der Waals surface area contributed by atoms with E-state index in [9.17, 15) is 19.7 Å². The molecular formula is C32H31N3O8S. The minimum absolute atomic E-state index is 0.00685. The van der Waals surface area contributed by atoms with E-state index in [1.54, 1.807) is 38.1 Å². The minimum atomic E-state index is -0.841. The quantitative estimate of drug-likeness (QED) is 0.102. The summed E-state index contributed by atoms with van der Waals surface area (Å²) >= 11 is 1.18. The van der Waals surface area contributed by atoms with Crippen LogP contribution in [0.3, 0.4) is 0 Å². The van der Waals surface area contributed by atoms with Gasteiger partial charge in [0, 0.05) is 36.4 Å². The molecule has 0 unspecified atom stereocenters. The Morgan fingerprint density at radius 1 is 1.14 bits per heavy atom. The van der Waals surface area contributed by atoms with Gasteiger partial charge >= 0.3 is 5.97 Å². The van der Waals surface area contributed by atoms with Gasteiger partial charge in [0.05, 0.1) is 33.9 Å². The lowest BCUT2D eigenvalue weighted by molar-refractivity contribution is -0.384. The number of nitro groups is 1. The third-order valence-corrected chi connectivity index (χ3v) is 8.01. The van der Waals surface area contributed by atoms with Crippen molar-refractivity contribution in [1.29, 1.82) is 0 Å². The average Bonchev–Trinajstić information content (AvgIpc) is 3.59. The van der Waals surface area contributed by atoms with Crippen LogP contribution in [0.1, 0.15) is 43.2 Å². The van der Waals surface area contributed by atoms with E-state index in [0.717, 1.165) is 6.42 Å². The maximum absolute atomic E-state index is 14.0. The second-order valence-corrected chi connectivity index (χ2v) is 11.1. The summed E-state index contributed by atoms with van der Waals surface area (Å²) in [5, 5.41) is 11.1. The van der Waals surface area contributed by atoms with Gasteiger partial charge in [-0.25, -0.2) is 9.79 Å². The molecule has 0 saturated heterocycles. The van der Waals surface area contributed by atoms with Crippen LogP contribution in [-0.4, -0.2) is 42.4 Å². The first kappa shape index (κ1) is 30.6. The molecule has 0 saturated carbocycles. The summed E-state index contributed by atoms with van der Waals surface area (Å²) in [5.74, 6) is 0.886. The number of carbonyl (C=O) groups is 1. The third kappa shape index (κ3) is 6.12. The second-order valence-electron chi connectivity index (χ2n) is 10.1. The highest BCUT2D eigenvalue weighted by Gasteiger charge is 2.35. The van der Waals surface area contributed by atoms with Crippen molar-refractivity contribution in [1.82, 2.24) is 4.57 Å². The smallest absolute Gasteiger partial charge is 0.338 e. The van der Waals surface area contributed by atoms with Crippen LogP contribution in [-0.2, 0) is 14.3 Å². The van der Waals surface area contributed by atoms with Gasteiger partial charge in [0.15, 0.2) is 4.80 Å². The maximum Gasteiger partial charge on any atom is 0.338 e. The Bertz CT molecular complexity index is 1930. The number of non-ortho nitro benzene ring substituents is 1. The van der Waals surface area contributed by atoms with E-state index in [1.807, 2.05) is 31.2 Å². The Morgan fingerprint density at radius 2 is 1.93 bits per heavy atom. The van der Waals surface area contributed by atoms with Crippen molar-refractivity contribution in [3.63, 3.8) is 0 Å². The number of methoxy groups -OCH3 is 1. The molecule has 0 bridgehead atoms. The summed E-state index contributed by atoms with van der Waals surface area (Å²) in [4.78, 5) is 43.2. The van der Waals surface area contributed by atoms with Crippen LogP contribution >= 0.6 is 11.3 Å². The van der Waals surface area contributed by atoms with Crippen LogP contribution in [0.15, 0.2) is 80.1 Å². The van der Waals surface area contributed by atoms with E-state index in [0.29, 0.717) is 55.6 Å². The molecule has 0 N–H and O–H groups in total. The summed E-state index contributed by atoms with van der Waals surface area (Å²) in [6, 6.07) is 14.5. The van der Waals surface area contributed by atoms with Gasteiger partial charge in [-0.15, -0.1) is 0 Å². The summed E-state index contributed by atoms with van der Waals surface area (Å²) in [6.45, 7) is 6.22. The number of furan rings is 1. The van der Waals surface area contributed by atoms with Gasteiger partial charge in [-0.3, -0.25) is 19.5 Å². The number of hydrogen-bond donors (Lipinski definition) is 0. The first-order valence-corrected chi connectivity index (χ1v) is 14.8. The molecule has 0 radical (unpaired) electrons. The molecule has 4 aromatic rings. The third-order valence-electron chi connectivity index (χ3n) is 7.02. The molecule has 5 rings (SSSR count). The fourth-order valence-electron chi connectivity index (χ4n) is 4.96. The fraction of sp³-hybridized carbons (Fsp3) is 0.281. The maximum atomic E-state index is 14.0. The molecule has 12 heteroatoms. The number of fused-ring (bicyclic) bond motifs is 1. The summed E-state index contributed by atoms with van der Waals surface area (Å²) < 4.78 is 24.5. The largest absolute Gasteiger partial charge is 0.493 e. The number of carbonyl (C=O) groups excluding carboxylic acids is 1. The highest BCUT2D eigenvalue weighted by atomic mass is 32.1. The normalized spacial score (nSPS) is 14.7. The summed E-state index contributed by atoms with van der Waals surface area (Å²) in [6.07, 6.45) is 2.41. The van der Waals surface area contributed by atoms with Crippen molar-refractivity contribution < 1.29 is 28.3 Å². The van der Waals surface area contributed by atoms with Gasteiger partial charge in [0.25, 0.3) is 11.2 Å². The van der Waals surface area contributed by atoms with Crippen molar-refractivity contribution in [3.05, 3.63) is 113 Å². The van der Waals surface area contributed by atoms with E-state index in [4.69, 9.17) is 18.6 Å². The minimum Gasteiger partial charge on any atom is -0.493 e. The monoisotopic (exact) mass is 617 g/mol.